The molecule has 180 valence electrons. The Morgan fingerprint density at radius 3 is 1.69 bits per heavy atom. The molecular formula is C18H13F11INO. The summed E-state index contributed by atoms with van der Waals surface area (Å²) in [5, 5.41) is 2.34. The second-order valence-corrected chi connectivity index (χ2v) is 8.29. The molecule has 0 aliphatic heterocycles. The molecular weight excluding hydrogens is 582 g/mol. The molecule has 0 unspecified atom stereocenters. The third kappa shape index (κ3) is 3.65. The van der Waals surface area contributed by atoms with E-state index in [4.69, 9.17) is 0 Å². The number of nitrogens with one attached hydrogen (secondary N) is 1. The summed E-state index contributed by atoms with van der Waals surface area (Å²) >= 11 is 0.953. The molecule has 1 saturated carbocycles. The third-order valence-electron chi connectivity index (χ3n) is 4.76. The summed E-state index contributed by atoms with van der Waals surface area (Å²) in [7, 11) is 0. The molecule has 1 N–H and O–H groups in total. The minimum Gasteiger partial charge on any atom is -0.352 e. The number of carbonyl (C=O) groups is 1. The number of alkyl halides is 11. The van der Waals surface area contributed by atoms with Crippen LogP contribution in [0, 0.1) is 0 Å². The monoisotopic (exact) mass is 595 g/mol. The molecule has 14 heteroatoms. The summed E-state index contributed by atoms with van der Waals surface area (Å²) in [5.74, 6) is -35.8. The van der Waals surface area contributed by atoms with Gasteiger partial charge in [-0.15, -0.1) is 0 Å². The molecule has 2 nitrogen and oxygen atoms in total. The first-order chi connectivity index (χ1) is 14.4. The molecule has 0 bridgehead atoms. The van der Waals surface area contributed by atoms with Crippen LogP contribution in [0.3, 0.4) is 0 Å². The van der Waals surface area contributed by atoms with Gasteiger partial charge < -0.3 is 5.32 Å². The Morgan fingerprint density at radius 2 is 1.22 bits per heavy atom. The van der Waals surface area contributed by atoms with Crippen LogP contribution in [0.1, 0.15) is 23.2 Å². The summed E-state index contributed by atoms with van der Waals surface area (Å²) < 4.78 is 150. The third-order valence-corrected chi connectivity index (χ3v) is 5.61. The Balaban J connectivity index is 2.23. The first kappa shape index (κ1) is 26.6. The molecule has 0 heterocycles. The summed E-state index contributed by atoms with van der Waals surface area (Å²) in [5.41, 5.74) is -5.90. The van der Waals surface area contributed by atoms with Crippen LogP contribution in [-0.4, -0.2) is 47.7 Å². The van der Waals surface area contributed by atoms with Crippen molar-refractivity contribution in [2.75, 3.05) is 6.54 Å². The molecule has 1 aliphatic carbocycles. The van der Waals surface area contributed by atoms with Gasteiger partial charge in [0, 0.05) is 12.1 Å². The Bertz CT molecular complexity index is 856. The molecule has 32 heavy (non-hydrogen) atoms. The van der Waals surface area contributed by atoms with E-state index in [1.165, 1.54) is 12.1 Å². The van der Waals surface area contributed by atoms with Crippen LogP contribution in [0.5, 0.6) is 0 Å². The summed E-state index contributed by atoms with van der Waals surface area (Å²) in [4.78, 5) is 11.8. The van der Waals surface area contributed by atoms with Gasteiger partial charge in [-0.2, -0.15) is 43.9 Å². The Hall–Kier alpha value is -1.61. The van der Waals surface area contributed by atoms with Gasteiger partial charge in [0.2, 0.25) is 0 Å². The van der Waals surface area contributed by atoms with Gasteiger partial charge in [0.05, 0.1) is 0 Å². The lowest BCUT2D eigenvalue weighted by Gasteiger charge is -2.51. The van der Waals surface area contributed by atoms with Gasteiger partial charge in [-0.05, 0) is 57.2 Å². The highest BCUT2D eigenvalue weighted by Gasteiger charge is 3.00. The fourth-order valence-electron chi connectivity index (χ4n) is 2.87. The maximum Gasteiger partial charge on any atom is 0.384 e. The van der Waals surface area contributed by atoms with Crippen LogP contribution in [0.15, 0.2) is 40.0 Å². The molecule has 0 atom stereocenters. The first-order valence-electron chi connectivity index (χ1n) is 8.67. The normalized spacial score (nSPS) is 24.6. The predicted octanol–water partition coefficient (Wildman–Crippen LogP) is 6.41. The summed E-state index contributed by atoms with van der Waals surface area (Å²) in [6.45, 7) is -0.218. The number of hydrogen-bond acceptors (Lipinski definition) is 1. The lowest BCUT2D eigenvalue weighted by molar-refractivity contribution is -0.476. The molecule has 0 aromatic heterocycles. The van der Waals surface area contributed by atoms with Crippen molar-refractivity contribution in [1.82, 2.24) is 5.32 Å². The number of halogens is 12. The molecule has 0 saturated heterocycles. The van der Waals surface area contributed by atoms with E-state index >= 15 is 0 Å². The van der Waals surface area contributed by atoms with Gasteiger partial charge >= 0.3 is 29.6 Å². The van der Waals surface area contributed by atoms with Crippen LogP contribution in [0.4, 0.5) is 48.3 Å². The zero-order chi connectivity index (χ0) is 24.8. The highest BCUT2D eigenvalue weighted by Crippen LogP contribution is 2.69. The number of carbonyl (C=O) groups excluding carboxylic acids is 1. The molecule has 2 rings (SSSR count). The van der Waals surface area contributed by atoms with E-state index in [9.17, 15) is 53.1 Å². The fraction of sp³-hybridized carbons (Fsp3) is 0.500. The maximum atomic E-state index is 14.6. The van der Waals surface area contributed by atoms with Gasteiger partial charge in [-0.3, -0.25) is 4.79 Å². The van der Waals surface area contributed by atoms with E-state index in [2.05, 4.69) is 5.32 Å². The average Bonchev–Trinajstić information content (AvgIpc) is 2.70. The standard InChI is InChI=1S/C18H13F11INO/c19-13(9-11(30)7-4-8-31-12(32)10-5-2-1-3-6-10)14(20,21)16(24,25)18(28,29)17(26,27)15(13,22)23/h1-3,5-6,9H,4,7-8H2,(H,31,32). The summed E-state index contributed by atoms with van der Waals surface area (Å²) in [6, 6.07) is 7.59. The Kier molecular flexibility index (Phi) is 6.92. The zero-order valence-electron chi connectivity index (χ0n) is 15.5. The minimum absolute atomic E-state index is 0.218. The van der Waals surface area contributed by atoms with Crippen molar-refractivity contribution in [1.29, 1.82) is 0 Å². The van der Waals surface area contributed by atoms with Gasteiger partial charge in [0.25, 0.3) is 11.6 Å². The highest BCUT2D eigenvalue weighted by molar-refractivity contribution is 14.1. The van der Waals surface area contributed by atoms with Gasteiger partial charge in [-0.25, -0.2) is 4.39 Å². The van der Waals surface area contributed by atoms with Gasteiger partial charge in [0.15, 0.2) is 0 Å². The number of hydrogen-bond donors (Lipinski definition) is 1. The van der Waals surface area contributed by atoms with Crippen LogP contribution >= 0.6 is 22.6 Å². The lowest BCUT2D eigenvalue weighted by atomic mass is 9.72. The number of amides is 1. The molecule has 1 aromatic rings. The van der Waals surface area contributed by atoms with Crippen LogP contribution < -0.4 is 5.32 Å². The second kappa shape index (κ2) is 8.31. The van der Waals surface area contributed by atoms with E-state index in [1.807, 2.05) is 0 Å². The van der Waals surface area contributed by atoms with Gasteiger partial charge in [0.1, 0.15) is 0 Å². The van der Waals surface area contributed by atoms with Crippen molar-refractivity contribution < 1.29 is 53.1 Å². The molecule has 0 spiro atoms. The van der Waals surface area contributed by atoms with Gasteiger partial charge in [-0.1, -0.05) is 18.2 Å². The molecule has 0 radical (unpaired) electrons. The van der Waals surface area contributed by atoms with Crippen LogP contribution in [0.25, 0.3) is 0 Å². The van der Waals surface area contributed by atoms with Crippen molar-refractivity contribution >= 4 is 28.5 Å². The van der Waals surface area contributed by atoms with Crippen molar-refractivity contribution in [3.63, 3.8) is 0 Å². The lowest BCUT2D eigenvalue weighted by Crippen LogP contribution is -2.83. The number of allylic oxidation sites excluding steroid dienone is 2. The van der Waals surface area contributed by atoms with E-state index < -0.39 is 57.3 Å². The fourth-order valence-corrected chi connectivity index (χ4v) is 3.68. The van der Waals surface area contributed by atoms with E-state index in [0.29, 0.717) is 0 Å². The Morgan fingerprint density at radius 1 is 0.781 bits per heavy atom. The minimum atomic E-state index is -7.23. The van der Waals surface area contributed by atoms with Crippen LogP contribution in [-0.2, 0) is 0 Å². The van der Waals surface area contributed by atoms with Crippen molar-refractivity contribution in [2.24, 2.45) is 0 Å². The predicted molar refractivity (Wildman–Crippen MR) is 98.7 cm³/mol. The number of rotatable bonds is 6. The van der Waals surface area contributed by atoms with Crippen molar-refractivity contribution in [3.8, 4) is 0 Å². The van der Waals surface area contributed by atoms with E-state index in [-0.39, 0.29) is 18.5 Å². The SMILES string of the molecule is O=C(NCCCC(I)=CC1(F)C(F)(F)C(F)(F)C(F)(F)C(F)(F)C1(F)F)c1ccccc1. The maximum absolute atomic E-state index is 14.6. The largest absolute Gasteiger partial charge is 0.384 e. The van der Waals surface area contributed by atoms with Crippen molar-refractivity contribution in [3.05, 3.63) is 45.6 Å². The molecule has 1 amide bonds. The molecule has 1 fully saturated rings. The Labute approximate surface area is 187 Å². The molecule has 1 aliphatic rings. The van der Waals surface area contributed by atoms with Crippen LogP contribution in [0.2, 0.25) is 0 Å². The topological polar surface area (TPSA) is 29.1 Å². The first-order valence-corrected chi connectivity index (χ1v) is 9.75. The van der Waals surface area contributed by atoms with E-state index in [0.717, 1.165) is 22.6 Å². The van der Waals surface area contributed by atoms with Crippen molar-refractivity contribution in [2.45, 2.75) is 48.1 Å². The summed E-state index contributed by atoms with van der Waals surface area (Å²) in [6.07, 6.45) is -1.71. The molecule has 1 aromatic carbocycles. The smallest absolute Gasteiger partial charge is 0.352 e. The highest BCUT2D eigenvalue weighted by atomic mass is 127. The quantitative estimate of drug-likeness (QED) is 0.230. The average molecular weight is 595 g/mol. The number of benzene rings is 1. The van der Waals surface area contributed by atoms with E-state index in [1.54, 1.807) is 18.2 Å². The zero-order valence-corrected chi connectivity index (χ0v) is 17.7. The second-order valence-electron chi connectivity index (χ2n) is 6.90.